The number of ketones is 5. The quantitative estimate of drug-likeness (QED) is 0.0324. The van der Waals surface area contributed by atoms with Crippen molar-refractivity contribution in [3.63, 3.8) is 0 Å². The van der Waals surface area contributed by atoms with E-state index >= 15 is 0 Å². The number of unbranched alkanes of at least 4 members (excludes halogenated alkanes) is 1. The summed E-state index contributed by atoms with van der Waals surface area (Å²) in [6.45, 7) is 5.76. The SMILES string of the molecule is CC[C@H](C)[C@@H]1NC(=O)CCC(=O)CSC[C@@H](C(=O)CN(C)[C@H](C=O)CCCN=C(N)N)NCC(=O)[C@H](CCCCNC(=O)CCOCCOCCCC(=O)CSC)CCC1=O. The molecule has 0 aromatic carbocycles. The molecule has 0 radical (unpaired) electrons. The van der Waals surface area contributed by atoms with Crippen LogP contribution in [0.15, 0.2) is 4.99 Å². The Morgan fingerprint density at radius 2 is 1.74 bits per heavy atom. The molecule has 0 saturated carbocycles. The maximum absolute atomic E-state index is 13.8. The predicted molar refractivity (Wildman–Crippen MR) is 241 cm³/mol. The van der Waals surface area contributed by atoms with E-state index < -0.39 is 24.0 Å². The molecule has 348 valence electrons. The van der Waals surface area contributed by atoms with E-state index in [0.29, 0.717) is 90.0 Å². The van der Waals surface area contributed by atoms with Gasteiger partial charge in [-0.05, 0) is 57.7 Å². The normalized spacial score (nSPS) is 19.7. The third-order valence-corrected chi connectivity index (χ3v) is 12.1. The van der Waals surface area contributed by atoms with Gasteiger partial charge in [0.05, 0.1) is 62.5 Å². The number of ether oxygens (including phenoxy) is 2. The molecule has 0 unspecified atom stereocenters. The minimum atomic E-state index is -0.813. The van der Waals surface area contributed by atoms with Gasteiger partial charge in [-0.2, -0.15) is 23.5 Å². The maximum Gasteiger partial charge on any atom is 0.222 e. The summed E-state index contributed by atoms with van der Waals surface area (Å²) in [6.07, 6.45) is 7.48. The number of nitrogens with two attached hydrogens (primary N) is 2. The summed E-state index contributed by atoms with van der Waals surface area (Å²) in [5, 5.41) is 8.84. The second-order valence-corrected chi connectivity index (χ2v) is 17.4. The fraction of sp³-hybridized carbons (Fsp3) is 0.786. The van der Waals surface area contributed by atoms with E-state index in [2.05, 4.69) is 20.9 Å². The zero-order valence-electron chi connectivity index (χ0n) is 36.9. The summed E-state index contributed by atoms with van der Waals surface area (Å²) >= 11 is 2.74. The number of carbonyl (C=O) groups excluding carboxylic acids is 8. The number of Topliss-reactive ketones (excluding diaryl/α,β-unsaturated/α-hetero) is 5. The molecule has 7 N–H and O–H groups in total. The van der Waals surface area contributed by atoms with Crippen molar-refractivity contribution in [3.05, 3.63) is 0 Å². The number of carbonyl (C=O) groups is 8. The summed E-state index contributed by atoms with van der Waals surface area (Å²) in [6, 6.07) is -2.12. The number of nitrogens with zero attached hydrogens (tertiary/aromatic N) is 2. The summed E-state index contributed by atoms with van der Waals surface area (Å²) in [7, 11) is 1.67. The maximum atomic E-state index is 13.8. The van der Waals surface area contributed by atoms with Crippen molar-refractivity contribution in [2.45, 2.75) is 115 Å². The molecule has 5 atom stereocenters. The number of guanidine groups is 1. The van der Waals surface area contributed by atoms with Crippen molar-refractivity contribution >= 4 is 76.5 Å². The molecule has 1 saturated heterocycles. The molecule has 0 bridgehead atoms. The number of likely N-dealkylation sites (N-methyl/N-ethyl adjacent to an activating group) is 1. The number of amides is 2. The van der Waals surface area contributed by atoms with Gasteiger partial charge >= 0.3 is 0 Å². The van der Waals surface area contributed by atoms with Crippen LogP contribution in [-0.4, -0.2) is 159 Å². The molecule has 0 spiro atoms. The molecule has 0 aromatic rings. The Morgan fingerprint density at radius 1 is 1.00 bits per heavy atom. The zero-order chi connectivity index (χ0) is 45.4. The number of hydrogen-bond donors (Lipinski definition) is 5. The summed E-state index contributed by atoms with van der Waals surface area (Å²) in [5.74, 6) is -1.09. The number of aliphatic imine (C=N–C) groups is 1. The molecule has 17 nitrogen and oxygen atoms in total. The van der Waals surface area contributed by atoms with Crippen molar-refractivity contribution in [3.8, 4) is 0 Å². The Morgan fingerprint density at radius 3 is 2.43 bits per heavy atom. The van der Waals surface area contributed by atoms with Crippen LogP contribution in [-0.2, 0) is 47.8 Å². The minimum Gasteiger partial charge on any atom is -0.379 e. The highest BCUT2D eigenvalue weighted by Gasteiger charge is 2.29. The van der Waals surface area contributed by atoms with Gasteiger partial charge in [0.2, 0.25) is 11.8 Å². The Hall–Kier alpha value is -3.23. The first-order valence-corrected chi connectivity index (χ1v) is 24.1. The highest BCUT2D eigenvalue weighted by atomic mass is 32.2. The van der Waals surface area contributed by atoms with Crippen LogP contribution in [0.5, 0.6) is 0 Å². The van der Waals surface area contributed by atoms with Crippen LogP contribution in [0.3, 0.4) is 0 Å². The molecule has 19 heteroatoms. The molecule has 1 rings (SSSR count). The molecule has 0 aromatic heterocycles. The molecule has 1 aliphatic heterocycles. The van der Waals surface area contributed by atoms with Gasteiger partial charge in [0.1, 0.15) is 23.6 Å². The van der Waals surface area contributed by atoms with Crippen molar-refractivity contribution in [2.24, 2.45) is 28.3 Å². The molecule has 0 aliphatic carbocycles. The largest absolute Gasteiger partial charge is 0.379 e. The van der Waals surface area contributed by atoms with Gasteiger partial charge in [0.25, 0.3) is 0 Å². The van der Waals surface area contributed by atoms with E-state index in [0.717, 1.165) is 6.29 Å². The summed E-state index contributed by atoms with van der Waals surface area (Å²) < 4.78 is 11.0. The lowest BCUT2D eigenvalue weighted by molar-refractivity contribution is -0.130. The Kier molecular flexibility index (Phi) is 31.4. The summed E-state index contributed by atoms with van der Waals surface area (Å²) in [5.41, 5.74) is 10.8. The average molecular weight is 900 g/mol. The number of rotatable bonds is 28. The van der Waals surface area contributed by atoms with Crippen LogP contribution in [0, 0.1) is 11.8 Å². The van der Waals surface area contributed by atoms with Gasteiger partial charge in [-0.3, -0.25) is 48.8 Å². The third-order valence-electron chi connectivity index (χ3n) is 10.4. The lowest BCUT2D eigenvalue weighted by atomic mass is 9.87. The molecular weight excluding hydrogens is 827 g/mol. The number of thioether (sulfide) groups is 2. The summed E-state index contributed by atoms with van der Waals surface area (Å²) in [4.78, 5) is 108. The molecule has 1 heterocycles. The van der Waals surface area contributed by atoms with Gasteiger partial charge in [-0.15, -0.1) is 0 Å². The van der Waals surface area contributed by atoms with Crippen molar-refractivity contribution in [2.75, 3.05) is 83.2 Å². The lowest BCUT2D eigenvalue weighted by Gasteiger charge is -2.26. The second-order valence-electron chi connectivity index (χ2n) is 15.5. The van der Waals surface area contributed by atoms with Crippen LogP contribution < -0.4 is 27.4 Å². The van der Waals surface area contributed by atoms with Crippen LogP contribution >= 0.6 is 23.5 Å². The van der Waals surface area contributed by atoms with E-state index in [9.17, 15) is 38.4 Å². The fourth-order valence-corrected chi connectivity index (χ4v) is 8.00. The first-order valence-electron chi connectivity index (χ1n) is 21.6. The second kappa shape index (κ2) is 34.3. The average Bonchev–Trinajstić information content (AvgIpc) is 3.22. The van der Waals surface area contributed by atoms with Crippen molar-refractivity contribution in [1.29, 1.82) is 0 Å². The van der Waals surface area contributed by atoms with Crippen molar-refractivity contribution < 1.29 is 47.8 Å². The Labute approximate surface area is 370 Å². The van der Waals surface area contributed by atoms with E-state index in [1.807, 2.05) is 20.1 Å². The van der Waals surface area contributed by atoms with Gasteiger partial charge in [-0.1, -0.05) is 26.7 Å². The van der Waals surface area contributed by atoms with Crippen LogP contribution in [0.25, 0.3) is 0 Å². The van der Waals surface area contributed by atoms with Crippen LogP contribution in [0.2, 0.25) is 0 Å². The van der Waals surface area contributed by atoms with E-state index in [4.69, 9.17) is 20.9 Å². The lowest BCUT2D eigenvalue weighted by Crippen LogP contribution is -2.48. The van der Waals surface area contributed by atoms with Gasteiger partial charge in [0.15, 0.2) is 17.5 Å². The molecule has 2 amide bonds. The van der Waals surface area contributed by atoms with E-state index in [-0.39, 0.29) is 116 Å². The molecular formula is C42H73N7O10S2. The van der Waals surface area contributed by atoms with E-state index in [1.165, 1.54) is 23.5 Å². The number of nitrogens with one attached hydrogen (secondary N) is 3. The van der Waals surface area contributed by atoms with Crippen LogP contribution in [0.4, 0.5) is 0 Å². The Bertz CT molecular complexity index is 1400. The highest BCUT2D eigenvalue weighted by molar-refractivity contribution is 8.00. The number of hydrogen-bond acceptors (Lipinski definition) is 15. The predicted octanol–water partition coefficient (Wildman–Crippen LogP) is 1.65. The van der Waals surface area contributed by atoms with Crippen LogP contribution in [0.1, 0.15) is 97.3 Å². The Balaban J connectivity index is 2.88. The smallest absolute Gasteiger partial charge is 0.222 e. The first-order chi connectivity index (χ1) is 29.2. The van der Waals surface area contributed by atoms with Gasteiger partial charge in [-0.25, -0.2) is 0 Å². The van der Waals surface area contributed by atoms with Crippen molar-refractivity contribution in [1.82, 2.24) is 20.9 Å². The highest BCUT2D eigenvalue weighted by Crippen LogP contribution is 2.20. The number of aldehydes is 1. The monoisotopic (exact) mass is 899 g/mol. The molecule has 1 fully saturated rings. The topological polar surface area (TPSA) is 259 Å². The van der Waals surface area contributed by atoms with E-state index in [1.54, 1.807) is 11.9 Å². The minimum absolute atomic E-state index is 0.00938. The standard InChI is InChI=1S/C42H73N7O10S2/c1-5-30(2)41-36(53)15-13-31(10-6-7-18-45-39(56)17-21-59-23-22-58-20-9-12-33(51)27-60-4)37(54)24-47-35(29-61-28-34(52)14-16-40(57)48-41)38(55)25-49(3)32(26-50)11-8-19-46-42(43)44/h26,30-32,35,41,47H,5-25,27-29H2,1-4H3,(H,45,56)(H,48,57)(H4,43,44,46)/t30-,31+,32-,35-,41-/m0/s1. The fourth-order valence-electron chi connectivity index (χ4n) is 6.51. The third kappa shape index (κ3) is 26.8. The molecule has 1 aliphatic rings. The molecule has 61 heavy (non-hydrogen) atoms. The zero-order valence-corrected chi connectivity index (χ0v) is 38.5. The first kappa shape index (κ1) is 55.8. The van der Waals surface area contributed by atoms with Gasteiger partial charge < -0.3 is 36.4 Å². The van der Waals surface area contributed by atoms with Gasteiger partial charge in [0, 0.05) is 63.5 Å².